The number of nitro benzene ring substituents is 1. The van der Waals surface area contributed by atoms with E-state index in [2.05, 4.69) is 21.2 Å². The van der Waals surface area contributed by atoms with Crippen LogP contribution in [0.1, 0.15) is 22.3 Å². The van der Waals surface area contributed by atoms with Crippen LogP contribution < -0.4 is 5.32 Å². The highest BCUT2D eigenvalue weighted by atomic mass is 79.9. The molecule has 0 aromatic heterocycles. The zero-order chi connectivity index (χ0) is 18.2. The lowest BCUT2D eigenvalue weighted by Gasteiger charge is -2.07. The lowest BCUT2D eigenvalue weighted by atomic mass is 10.2. The summed E-state index contributed by atoms with van der Waals surface area (Å²) in [4.78, 5) is 33.6. The van der Waals surface area contributed by atoms with Gasteiger partial charge in [-0.3, -0.25) is 19.7 Å². The highest BCUT2D eigenvalue weighted by Gasteiger charge is 2.10. The van der Waals surface area contributed by atoms with Gasteiger partial charge in [0.1, 0.15) is 6.61 Å². The number of non-ortho nitro benzene ring substituents is 1. The minimum atomic E-state index is -0.539. The SMILES string of the molecule is O=C(CCNC(=O)c1ccc([N+](=O)[O-])cc1)OCc1ccc(Br)cc1. The summed E-state index contributed by atoms with van der Waals surface area (Å²) >= 11 is 3.32. The Morgan fingerprint density at radius 1 is 1.08 bits per heavy atom. The van der Waals surface area contributed by atoms with Crippen molar-refractivity contribution in [2.75, 3.05) is 6.54 Å². The Labute approximate surface area is 152 Å². The van der Waals surface area contributed by atoms with Crippen LogP contribution in [0.2, 0.25) is 0 Å². The fourth-order valence-electron chi connectivity index (χ4n) is 1.93. The molecular formula is C17H15BrN2O5. The van der Waals surface area contributed by atoms with Gasteiger partial charge in [-0.15, -0.1) is 0 Å². The van der Waals surface area contributed by atoms with Crippen molar-refractivity contribution in [3.05, 3.63) is 74.2 Å². The first-order valence-corrected chi connectivity index (χ1v) is 8.18. The van der Waals surface area contributed by atoms with Crippen LogP contribution in [0.5, 0.6) is 0 Å². The molecule has 0 unspecified atom stereocenters. The summed E-state index contributed by atoms with van der Waals surface area (Å²) < 4.78 is 6.06. The molecule has 0 heterocycles. The molecule has 0 saturated carbocycles. The van der Waals surface area contributed by atoms with E-state index in [1.54, 1.807) is 0 Å². The van der Waals surface area contributed by atoms with E-state index in [-0.39, 0.29) is 30.8 Å². The topological polar surface area (TPSA) is 98.5 Å². The Bertz CT molecular complexity index is 760. The number of ether oxygens (including phenoxy) is 1. The number of rotatable bonds is 7. The molecule has 2 rings (SSSR count). The number of amides is 1. The first-order chi connectivity index (χ1) is 12.0. The van der Waals surface area contributed by atoms with Crippen LogP contribution in [0.3, 0.4) is 0 Å². The van der Waals surface area contributed by atoms with Gasteiger partial charge in [0, 0.05) is 28.7 Å². The predicted molar refractivity (Wildman–Crippen MR) is 94.0 cm³/mol. The van der Waals surface area contributed by atoms with Crippen molar-refractivity contribution in [1.82, 2.24) is 5.32 Å². The molecule has 0 aliphatic heterocycles. The van der Waals surface area contributed by atoms with Crippen molar-refractivity contribution in [3.63, 3.8) is 0 Å². The monoisotopic (exact) mass is 406 g/mol. The number of carbonyl (C=O) groups is 2. The molecular weight excluding hydrogens is 392 g/mol. The Hall–Kier alpha value is -2.74. The lowest BCUT2D eigenvalue weighted by molar-refractivity contribution is -0.384. The van der Waals surface area contributed by atoms with Crippen molar-refractivity contribution in [1.29, 1.82) is 0 Å². The molecule has 0 atom stereocenters. The number of benzene rings is 2. The van der Waals surface area contributed by atoms with Crippen LogP contribution in [0.4, 0.5) is 5.69 Å². The second kappa shape index (κ2) is 8.93. The molecule has 25 heavy (non-hydrogen) atoms. The van der Waals surface area contributed by atoms with E-state index in [1.165, 1.54) is 24.3 Å². The Kier molecular flexibility index (Phi) is 6.64. The van der Waals surface area contributed by atoms with Gasteiger partial charge in [-0.2, -0.15) is 0 Å². The Morgan fingerprint density at radius 3 is 2.32 bits per heavy atom. The van der Waals surface area contributed by atoms with E-state index in [9.17, 15) is 19.7 Å². The minimum Gasteiger partial charge on any atom is -0.461 e. The van der Waals surface area contributed by atoms with Gasteiger partial charge in [-0.1, -0.05) is 28.1 Å². The van der Waals surface area contributed by atoms with Crippen molar-refractivity contribution in [2.24, 2.45) is 0 Å². The van der Waals surface area contributed by atoms with Crippen molar-refractivity contribution >= 4 is 33.5 Å². The molecule has 0 saturated heterocycles. The first kappa shape index (κ1) is 18.6. The molecule has 0 aliphatic carbocycles. The molecule has 0 aliphatic rings. The fraction of sp³-hybridized carbons (Fsp3) is 0.176. The number of hydrogen-bond donors (Lipinski definition) is 1. The molecule has 1 N–H and O–H groups in total. The molecule has 130 valence electrons. The molecule has 8 heteroatoms. The molecule has 7 nitrogen and oxygen atoms in total. The zero-order valence-electron chi connectivity index (χ0n) is 13.1. The third kappa shape index (κ3) is 6.00. The molecule has 2 aromatic rings. The van der Waals surface area contributed by atoms with Gasteiger partial charge in [0.25, 0.3) is 11.6 Å². The summed E-state index contributed by atoms with van der Waals surface area (Å²) in [6.07, 6.45) is 0.0370. The fourth-order valence-corrected chi connectivity index (χ4v) is 2.20. The van der Waals surface area contributed by atoms with Gasteiger partial charge in [0.15, 0.2) is 0 Å². The summed E-state index contributed by atoms with van der Waals surface area (Å²) in [6.45, 7) is 0.289. The molecule has 0 spiro atoms. The van der Waals surface area contributed by atoms with Gasteiger partial charge in [0.2, 0.25) is 0 Å². The second-order valence-corrected chi connectivity index (χ2v) is 6.01. The van der Waals surface area contributed by atoms with Gasteiger partial charge in [0.05, 0.1) is 11.3 Å². The average Bonchev–Trinajstić information content (AvgIpc) is 2.61. The third-order valence-corrected chi connectivity index (χ3v) is 3.80. The van der Waals surface area contributed by atoms with E-state index in [0.717, 1.165) is 10.0 Å². The predicted octanol–water partition coefficient (Wildman–Crippen LogP) is 3.22. The largest absolute Gasteiger partial charge is 0.461 e. The van der Waals surface area contributed by atoms with Crippen LogP contribution in [0.15, 0.2) is 53.0 Å². The number of halogens is 1. The third-order valence-electron chi connectivity index (χ3n) is 3.27. The number of hydrogen-bond acceptors (Lipinski definition) is 5. The van der Waals surface area contributed by atoms with E-state index in [4.69, 9.17) is 4.74 Å². The van der Waals surface area contributed by atoms with Crippen LogP contribution in [0.25, 0.3) is 0 Å². The number of nitrogens with one attached hydrogen (secondary N) is 1. The van der Waals surface area contributed by atoms with Crippen LogP contribution >= 0.6 is 15.9 Å². The Balaban J connectivity index is 1.72. The van der Waals surface area contributed by atoms with Gasteiger partial charge in [-0.25, -0.2) is 0 Å². The van der Waals surface area contributed by atoms with Crippen LogP contribution in [-0.2, 0) is 16.1 Å². The van der Waals surface area contributed by atoms with Gasteiger partial charge >= 0.3 is 5.97 Å². The van der Waals surface area contributed by atoms with Crippen LogP contribution in [0, 0.1) is 10.1 Å². The normalized spacial score (nSPS) is 10.1. The standard InChI is InChI=1S/C17H15BrN2O5/c18-14-5-1-12(2-6-14)11-25-16(21)9-10-19-17(22)13-3-7-15(8-4-13)20(23)24/h1-8H,9-11H2,(H,19,22). The van der Waals surface area contributed by atoms with Crippen molar-refractivity contribution in [3.8, 4) is 0 Å². The summed E-state index contributed by atoms with van der Waals surface area (Å²) in [5.41, 5.74) is 1.06. The van der Waals surface area contributed by atoms with E-state index in [0.29, 0.717) is 0 Å². The molecule has 0 radical (unpaired) electrons. The highest BCUT2D eigenvalue weighted by Crippen LogP contribution is 2.12. The molecule has 1 amide bonds. The van der Waals surface area contributed by atoms with E-state index in [1.807, 2.05) is 24.3 Å². The number of nitrogens with zero attached hydrogens (tertiary/aromatic N) is 1. The number of nitro groups is 1. The van der Waals surface area contributed by atoms with Gasteiger partial charge in [-0.05, 0) is 29.8 Å². The quantitative estimate of drug-likeness (QED) is 0.432. The average molecular weight is 407 g/mol. The lowest BCUT2D eigenvalue weighted by Crippen LogP contribution is -2.26. The summed E-state index contributed by atoms with van der Waals surface area (Å²) in [6, 6.07) is 12.6. The molecule has 0 bridgehead atoms. The van der Waals surface area contributed by atoms with E-state index >= 15 is 0 Å². The highest BCUT2D eigenvalue weighted by molar-refractivity contribution is 9.10. The maximum Gasteiger partial charge on any atom is 0.307 e. The summed E-state index contributed by atoms with van der Waals surface area (Å²) in [5.74, 6) is -0.831. The van der Waals surface area contributed by atoms with Crippen LogP contribution in [-0.4, -0.2) is 23.3 Å². The minimum absolute atomic E-state index is 0.0370. The molecule has 0 fully saturated rings. The summed E-state index contributed by atoms with van der Waals surface area (Å²) in [5, 5.41) is 13.1. The number of esters is 1. The Morgan fingerprint density at radius 2 is 1.72 bits per heavy atom. The van der Waals surface area contributed by atoms with E-state index < -0.39 is 16.8 Å². The maximum absolute atomic E-state index is 11.9. The number of carbonyl (C=O) groups excluding carboxylic acids is 2. The zero-order valence-corrected chi connectivity index (χ0v) is 14.7. The maximum atomic E-state index is 11.9. The molecule has 2 aromatic carbocycles. The second-order valence-electron chi connectivity index (χ2n) is 5.10. The van der Waals surface area contributed by atoms with Crippen molar-refractivity contribution < 1.29 is 19.2 Å². The van der Waals surface area contributed by atoms with Crippen molar-refractivity contribution in [2.45, 2.75) is 13.0 Å². The van der Waals surface area contributed by atoms with Gasteiger partial charge < -0.3 is 10.1 Å². The summed E-state index contributed by atoms with van der Waals surface area (Å²) in [7, 11) is 0. The first-order valence-electron chi connectivity index (χ1n) is 7.38. The smallest absolute Gasteiger partial charge is 0.307 e.